The van der Waals surface area contributed by atoms with Gasteiger partial charge in [0, 0.05) is 38.9 Å². The molecule has 0 unspecified atom stereocenters. The Hall–Kier alpha value is -1.96. The van der Waals surface area contributed by atoms with Crippen LogP contribution >= 0.6 is 11.6 Å². The van der Waals surface area contributed by atoms with E-state index in [4.69, 9.17) is 11.6 Å². The van der Waals surface area contributed by atoms with E-state index < -0.39 is 11.7 Å². The Kier molecular flexibility index (Phi) is 5.35. The van der Waals surface area contributed by atoms with Gasteiger partial charge in [-0.2, -0.15) is 13.2 Å². The molecule has 0 radical (unpaired) electrons. The Balaban J connectivity index is 2.00. The van der Waals surface area contributed by atoms with Gasteiger partial charge in [0.2, 0.25) is 0 Å². The minimum atomic E-state index is -4.48. The van der Waals surface area contributed by atoms with Crippen molar-refractivity contribution in [2.45, 2.75) is 6.18 Å². The van der Waals surface area contributed by atoms with Crippen LogP contribution < -0.4 is 10.2 Å². The molecule has 1 N–H and O–H groups in total. The molecule has 1 saturated heterocycles. The first-order chi connectivity index (χ1) is 10.8. The maximum Gasteiger partial charge on any atom is 0.417 e. The summed E-state index contributed by atoms with van der Waals surface area (Å²) < 4.78 is 37.8. The number of nitrogens with zero attached hydrogens (tertiary/aromatic N) is 3. The number of nitrogens with one attached hydrogen (secondary N) is 1. The van der Waals surface area contributed by atoms with Gasteiger partial charge in [-0.1, -0.05) is 17.7 Å². The molecule has 5 nitrogen and oxygen atoms in total. The predicted molar refractivity (Wildman–Crippen MR) is 81.6 cm³/mol. The topological polar surface area (TPSA) is 48.5 Å². The minimum Gasteiger partial charge on any atom is -0.352 e. The van der Waals surface area contributed by atoms with Gasteiger partial charge in [-0.25, -0.2) is 9.78 Å². The number of anilines is 1. The number of hydrogen-bond acceptors (Lipinski definition) is 3. The highest BCUT2D eigenvalue weighted by molar-refractivity contribution is 6.33. The van der Waals surface area contributed by atoms with E-state index >= 15 is 0 Å². The molecule has 23 heavy (non-hydrogen) atoms. The molecule has 2 rings (SSSR count). The van der Waals surface area contributed by atoms with Gasteiger partial charge in [0.05, 0.1) is 10.6 Å². The third-order valence-electron chi connectivity index (χ3n) is 3.41. The van der Waals surface area contributed by atoms with E-state index in [9.17, 15) is 18.0 Å². The zero-order valence-electron chi connectivity index (χ0n) is 12.2. The third-order valence-corrected chi connectivity index (χ3v) is 3.69. The van der Waals surface area contributed by atoms with Crippen LogP contribution in [0.5, 0.6) is 0 Å². The average molecular weight is 349 g/mol. The lowest BCUT2D eigenvalue weighted by Gasteiger charge is -2.35. The zero-order chi connectivity index (χ0) is 17.0. The van der Waals surface area contributed by atoms with Crippen molar-refractivity contribution in [3.05, 3.63) is 35.5 Å². The largest absolute Gasteiger partial charge is 0.417 e. The molecule has 0 saturated carbocycles. The van der Waals surface area contributed by atoms with Gasteiger partial charge in [-0.3, -0.25) is 0 Å². The molecule has 0 bridgehead atoms. The molecule has 2 amide bonds. The van der Waals surface area contributed by atoms with E-state index in [1.807, 2.05) is 0 Å². The van der Waals surface area contributed by atoms with Gasteiger partial charge < -0.3 is 15.1 Å². The highest BCUT2D eigenvalue weighted by Crippen LogP contribution is 2.33. The Labute approximate surface area is 136 Å². The second-order valence-electron chi connectivity index (χ2n) is 4.98. The summed E-state index contributed by atoms with van der Waals surface area (Å²) in [4.78, 5) is 19.0. The molecule has 9 heteroatoms. The number of pyridine rings is 1. The summed E-state index contributed by atoms with van der Waals surface area (Å²) in [5, 5.41) is 2.62. The van der Waals surface area contributed by atoms with Crippen molar-refractivity contribution >= 4 is 23.4 Å². The van der Waals surface area contributed by atoms with Crippen molar-refractivity contribution in [2.75, 3.05) is 37.6 Å². The molecule has 0 atom stereocenters. The van der Waals surface area contributed by atoms with Crippen molar-refractivity contribution in [1.29, 1.82) is 0 Å². The van der Waals surface area contributed by atoms with Crippen LogP contribution in [0.4, 0.5) is 23.8 Å². The molecule has 0 aromatic carbocycles. The highest BCUT2D eigenvalue weighted by atomic mass is 35.5. The summed E-state index contributed by atoms with van der Waals surface area (Å²) >= 11 is 5.93. The van der Waals surface area contributed by atoms with Crippen molar-refractivity contribution in [3.8, 4) is 0 Å². The van der Waals surface area contributed by atoms with E-state index in [0.29, 0.717) is 38.5 Å². The molecule has 0 aliphatic carbocycles. The summed E-state index contributed by atoms with van der Waals surface area (Å²) in [7, 11) is 0. The Morgan fingerprint density at radius 1 is 1.39 bits per heavy atom. The summed E-state index contributed by atoms with van der Waals surface area (Å²) in [6.45, 7) is 5.65. The predicted octanol–water partition coefficient (Wildman–Crippen LogP) is 2.77. The molecule has 1 aromatic heterocycles. The number of alkyl halides is 3. The second-order valence-corrected chi connectivity index (χ2v) is 5.38. The van der Waals surface area contributed by atoms with Crippen molar-refractivity contribution in [2.24, 2.45) is 0 Å². The van der Waals surface area contributed by atoms with Crippen molar-refractivity contribution in [3.63, 3.8) is 0 Å². The maximum absolute atomic E-state index is 12.6. The van der Waals surface area contributed by atoms with Crippen LogP contribution in [-0.2, 0) is 6.18 Å². The number of amides is 2. The van der Waals surface area contributed by atoms with Crippen molar-refractivity contribution < 1.29 is 18.0 Å². The summed E-state index contributed by atoms with van der Waals surface area (Å²) in [6.07, 6.45) is -2.12. The quantitative estimate of drug-likeness (QED) is 0.854. The molecule has 2 heterocycles. The molecule has 1 aliphatic heterocycles. The van der Waals surface area contributed by atoms with Crippen LogP contribution in [0.15, 0.2) is 24.9 Å². The van der Waals surface area contributed by atoms with Gasteiger partial charge in [-0.05, 0) is 6.07 Å². The van der Waals surface area contributed by atoms with Gasteiger partial charge >= 0.3 is 12.2 Å². The second kappa shape index (κ2) is 7.08. The molecule has 1 aromatic rings. The highest BCUT2D eigenvalue weighted by Gasteiger charge is 2.32. The van der Waals surface area contributed by atoms with E-state index in [1.54, 1.807) is 15.9 Å². The SMILES string of the molecule is C=CCNC(=O)N1CCN(c2ncc(C(F)(F)F)cc2Cl)CC1. The maximum atomic E-state index is 12.6. The molecule has 1 fully saturated rings. The lowest BCUT2D eigenvalue weighted by molar-refractivity contribution is -0.137. The molecule has 126 valence electrons. The fourth-order valence-corrected chi connectivity index (χ4v) is 2.50. The first-order valence-corrected chi connectivity index (χ1v) is 7.32. The standard InChI is InChI=1S/C14H16ClF3N4O/c1-2-3-19-13(23)22-6-4-21(5-7-22)12-11(15)8-10(9-20-12)14(16,17)18/h2,8-9H,1,3-7H2,(H,19,23). The lowest BCUT2D eigenvalue weighted by atomic mass is 10.2. The fraction of sp³-hybridized carbons (Fsp3) is 0.429. The van der Waals surface area contributed by atoms with Crippen LogP contribution in [0.1, 0.15) is 5.56 Å². The summed E-state index contributed by atoms with van der Waals surface area (Å²) in [6, 6.07) is 0.670. The van der Waals surface area contributed by atoms with Crippen LogP contribution in [-0.4, -0.2) is 48.6 Å². The Morgan fingerprint density at radius 2 is 2.04 bits per heavy atom. The number of rotatable bonds is 3. The number of carbonyl (C=O) groups is 1. The zero-order valence-corrected chi connectivity index (χ0v) is 13.0. The number of halogens is 4. The monoisotopic (exact) mass is 348 g/mol. The van der Waals surface area contributed by atoms with Crippen LogP contribution in [0, 0.1) is 0 Å². The molecule has 1 aliphatic rings. The van der Waals surface area contributed by atoms with E-state index in [-0.39, 0.29) is 11.1 Å². The van der Waals surface area contributed by atoms with Crippen LogP contribution in [0.2, 0.25) is 5.02 Å². The fourth-order valence-electron chi connectivity index (χ4n) is 2.21. The summed E-state index contributed by atoms with van der Waals surface area (Å²) in [5.74, 6) is 0.297. The number of hydrogen-bond donors (Lipinski definition) is 1. The lowest BCUT2D eigenvalue weighted by Crippen LogP contribution is -2.52. The van der Waals surface area contributed by atoms with Crippen molar-refractivity contribution in [1.82, 2.24) is 15.2 Å². The Morgan fingerprint density at radius 3 is 2.57 bits per heavy atom. The number of carbonyl (C=O) groups excluding carboxylic acids is 1. The van der Waals surface area contributed by atoms with Gasteiger partial charge in [0.15, 0.2) is 0 Å². The third kappa shape index (κ3) is 4.28. The summed E-state index contributed by atoms with van der Waals surface area (Å²) in [5.41, 5.74) is -0.881. The number of piperazine rings is 1. The van der Waals surface area contributed by atoms with Gasteiger partial charge in [0.25, 0.3) is 0 Å². The minimum absolute atomic E-state index is 0.0515. The smallest absolute Gasteiger partial charge is 0.352 e. The van der Waals surface area contributed by atoms with Crippen LogP contribution in [0.25, 0.3) is 0 Å². The Bertz CT molecular complexity index is 586. The average Bonchev–Trinajstić information content (AvgIpc) is 2.52. The van der Waals surface area contributed by atoms with E-state index in [1.165, 1.54) is 0 Å². The van der Waals surface area contributed by atoms with Gasteiger partial charge in [0.1, 0.15) is 5.82 Å². The number of aromatic nitrogens is 1. The van der Waals surface area contributed by atoms with Gasteiger partial charge in [-0.15, -0.1) is 6.58 Å². The number of urea groups is 1. The molecule has 0 spiro atoms. The van der Waals surface area contributed by atoms with Crippen LogP contribution in [0.3, 0.4) is 0 Å². The molecular weight excluding hydrogens is 333 g/mol. The normalized spacial score (nSPS) is 15.5. The molecular formula is C14H16ClF3N4O. The van der Waals surface area contributed by atoms with E-state index in [0.717, 1.165) is 12.3 Å². The van der Waals surface area contributed by atoms with E-state index in [2.05, 4.69) is 16.9 Å². The first kappa shape index (κ1) is 17.4. The first-order valence-electron chi connectivity index (χ1n) is 6.94.